The molecule has 1 aromatic carbocycles. The molecule has 1 aliphatic rings. The van der Waals surface area contributed by atoms with Crippen LogP contribution in [0.25, 0.3) is 0 Å². The number of hydrogen-bond donors (Lipinski definition) is 1. The predicted octanol–water partition coefficient (Wildman–Crippen LogP) is 3.60. The molecule has 0 bridgehead atoms. The van der Waals surface area contributed by atoms with Crippen molar-refractivity contribution < 1.29 is 18.0 Å². The summed E-state index contributed by atoms with van der Waals surface area (Å²) in [6, 6.07) is 4.60. The van der Waals surface area contributed by atoms with Crippen LogP contribution in [0.3, 0.4) is 0 Å². The highest BCUT2D eigenvalue weighted by Crippen LogP contribution is 2.31. The van der Waals surface area contributed by atoms with Crippen LogP contribution in [0.15, 0.2) is 35.6 Å². The summed E-state index contributed by atoms with van der Waals surface area (Å²) in [5.41, 5.74) is 1.35. The maximum absolute atomic E-state index is 12.8. The van der Waals surface area contributed by atoms with Crippen LogP contribution in [-0.4, -0.2) is 39.6 Å². The SMILES string of the molecule is CCN1CCc2ncnc(SCC(=O)Nc3cccc(C(F)(F)F)c3)c2C1. The molecule has 5 nitrogen and oxygen atoms in total. The van der Waals surface area contributed by atoms with Gasteiger partial charge in [-0.1, -0.05) is 24.8 Å². The third-order valence-electron chi connectivity index (χ3n) is 4.30. The summed E-state index contributed by atoms with van der Waals surface area (Å²) in [5.74, 6) is -0.318. The molecule has 0 fully saturated rings. The third kappa shape index (κ3) is 4.98. The minimum atomic E-state index is -4.44. The molecule has 3 rings (SSSR count). The van der Waals surface area contributed by atoms with E-state index in [1.165, 1.54) is 30.2 Å². The van der Waals surface area contributed by atoms with Crippen molar-refractivity contribution in [2.45, 2.75) is 31.1 Å². The number of hydrogen-bond acceptors (Lipinski definition) is 5. The summed E-state index contributed by atoms with van der Waals surface area (Å²) in [7, 11) is 0. The number of carbonyl (C=O) groups is 1. The van der Waals surface area contributed by atoms with Gasteiger partial charge in [0.2, 0.25) is 5.91 Å². The van der Waals surface area contributed by atoms with E-state index in [0.29, 0.717) is 0 Å². The summed E-state index contributed by atoms with van der Waals surface area (Å²) in [4.78, 5) is 23.0. The van der Waals surface area contributed by atoms with Gasteiger partial charge in [-0.15, -0.1) is 0 Å². The number of amides is 1. The van der Waals surface area contributed by atoms with Crippen molar-refractivity contribution in [3.8, 4) is 0 Å². The number of halogens is 3. The van der Waals surface area contributed by atoms with Crippen molar-refractivity contribution in [2.75, 3.05) is 24.2 Å². The van der Waals surface area contributed by atoms with Crippen molar-refractivity contribution in [2.24, 2.45) is 0 Å². The van der Waals surface area contributed by atoms with Crippen LogP contribution >= 0.6 is 11.8 Å². The van der Waals surface area contributed by atoms with Gasteiger partial charge in [-0.05, 0) is 24.7 Å². The first kappa shape index (κ1) is 19.6. The minimum absolute atomic E-state index is 0.0613. The highest BCUT2D eigenvalue weighted by Gasteiger charge is 2.30. The van der Waals surface area contributed by atoms with Crippen LogP contribution in [0.2, 0.25) is 0 Å². The first-order valence-electron chi connectivity index (χ1n) is 8.52. The molecule has 1 N–H and O–H groups in total. The zero-order valence-electron chi connectivity index (χ0n) is 14.7. The standard InChI is InChI=1S/C18H19F3N4OS/c1-2-25-7-6-15-14(9-25)17(23-11-22-15)27-10-16(26)24-13-5-3-4-12(8-13)18(19,20)21/h3-5,8,11H,2,6-7,9-10H2,1H3,(H,24,26). The molecule has 1 aromatic heterocycles. The number of benzene rings is 1. The number of nitrogens with one attached hydrogen (secondary N) is 1. The van der Waals surface area contributed by atoms with Crippen molar-refractivity contribution in [3.05, 3.63) is 47.4 Å². The lowest BCUT2D eigenvalue weighted by Crippen LogP contribution is -2.31. The predicted molar refractivity (Wildman–Crippen MR) is 97.5 cm³/mol. The van der Waals surface area contributed by atoms with E-state index in [1.807, 2.05) is 0 Å². The third-order valence-corrected chi connectivity index (χ3v) is 5.33. The molecule has 9 heteroatoms. The van der Waals surface area contributed by atoms with Gasteiger partial charge in [-0.25, -0.2) is 9.97 Å². The fourth-order valence-corrected chi connectivity index (χ4v) is 3.69. The van der Waals surface area contributed by atoms with Crippen LogP contribution in [-0.2, 0) is 23.9 Å². The smallest absolute Gasteiger partial charge is 0.325 e. The molecule has 27 heavy (non-hydrogen) atoms. The zero-order chi connectivity index (χ0) is 19.4. The Hall–Kier alpha value is -2.13. The molecule has 0 spiro atoms. The molecule has 1 amide bonds. The van der Waals surface area contributed by atoms with E-state index in [1.54, 1.807) is 0 Å². The van der Waals surface area contributed by atoms with Gasteiger partial charge in [0.25, 0.3) is 0 Å². The fraction of sp³-hybridized carbons (Fsp3) is 0.389. The average molecular weight is 396 g/mol. The number of rotatable bonds is 5. The maximum Gasteiger partial charge on any atom is 0.416 e. The van der Waals surface area contributed by atoms with E-state index in [-0.39, 0.29) is 17.3 Å². The lowest BCUT2D eigenvalue weighted by atomic mass is 10.1. The number of carbonyl (C=O) groups excluding carboxylic acids is 1. The van der Waals surface area contributed by atoms with Gasteiger partial charge < -0.3 is 5.32 Å². The number of fused-ring (bicyclic) bond motifs is 1. The summed E-state index contributed by atoms with van der Waals surface area (Å²) in [6.07, 6.45) is -2.11. The quantitative estimate of drug-likeness (QED) is 0.618. The van der Waals surface area contributed by atoms with Crippen LogP contribution in [0.1, 0.15) is 23.7 Å². The number of nitrogens with zero attached hydrogens (tertiary/aromatic N) is 3. The molecule has 2 aromatic rings. The number of anilines is 1. The van der Waals surface area contributed by atoms with Crippen molar-refractivity contribution in [3.63, 3.8) is 0 Å². The highest BCUT2D eigenvalue weighted by atomic mass is 32.2. The summed E-state index contributed by atoms with van der Waals surface area (Å²) in [5, 5.41) is 3.26. The Bertz CT molecular complexity index is 828. The molecule has 0 radical (unpaired) electrons. The van der Waals surface area contributed by atoms with Gasteiger partial charge in [-0.2, -0.15) is 13.2 Å². The molecule has 2 heterocycles. The van der Waals surface area contributed by atoms with Gasteiger partial charge in [0.05, 0.1) is 17.0 Å². The monoisotopic (exact) mass is 396 g/mol. The number of thioether (sulfide) groups is 1. The number of aromatic nitrogens is 2. The van der Waals surface area contributed by atoms with Gasteiger partial charge in [-0.3, -0.25) is 9.69 Å². The average Bonchev–Trinajstić information content (AvgIpc) is 2.65. The second-order valence-electron chi connectivity index (χ2n) is 6.14. The van der Waals surface area contributed by atoms with Crippen LogP contribution < -0.4 is 5.32 Å². The van der Waals surface area contributed by atoms with Gasteiger partial charge in [0, 0.05) is 30.8 Å². The second kappa shape index (κ2) is 8.26. The van der Waals surface area contributed by atoms with Crippen LogP contribution in [0.4, 0.5) is 18.9 Å². The summed E-state index contributed by atoms with van der Waals surface area (Å²) in [6.45, 7) is 4.70. The molecule has 0 aliphatic carbocycles. The molecule has 1 aliphatic heterocycles. The van der Waals surface area contributed by atoms with Crippen molar-refractivity contribution in [1.82, 2.24) is 14.9 Å². The van der Waals surface area contributed by atoms with Crippen LogP contribution in [0.5, 0.6) is 0 Å². The van der Waals surface area contributed by atoms with Gasteiger partial charge >= 0.3 is 6.18 Å². The molecular formula is C18H19F3N4OS. The molecule has 144 valence electrons. The highest BCUT2D eigenvalue weighted by molar-refractivity contribution is 8.00. The zero-order valence-corrected chi connectivity index (χ0v) is 15.5. The Morgan fingerprint density at radius 1 is 1.33 bits per heavy atom. The molecule has 0 saturated heterocycles. The van der Waals surface area contributed by atoms with E-state index in [4.69, 9.17) is 0 Å². The molecule has 0 unspecified atom stereocenters. The largest absolute Gasteiger partial charge is 0.416 e. The summed E-state index contributed by atoms with van der Waals surface area (Å²) >= 11 is 1.27. The molecule has 0 atom stereocenters. The van der Waals surface area contributed by atoms with E-state index in [2.05, 4.69) is 27.1 Å². The minimum Gasteiger partial charge on any atom is -0.325 e. The van der Waals surface area contributed by atoms with E-state index in [9.17, 15) is 18.0 Å². The first-order valence-corrected chi connectivity index (χ1v) is 9.50. The summed E-state index contributed by atoms with van der Waals surface area (Å²) < 4.78 is 38.3. The topological polar surface area (TPSA) is 58.1 Å². The van der Waals surface area contributed by atoms with Crippen molar-refractivity contribution >= 4 is 23.4 Å². The fourth-order valence-electron chi connectivity index (χ4n) is 2.87. The second-order valence-corrected chi connectivity index (χ2v) is 7.10. The maximum atomic E-state index is 12.8. The van der Waals surface area contributed by atoms with E-state index >= 15 is 0 Å². The van der Waals surface area contributed by atoms with Crippen molar-refractivity contribution in [1.29, 1.82) is 0 Å². The Balaban J connectivity index is 1.64. The first-order chi connectivity index (χ1) is 12.9. The molecule has 0 saturated carbocycles. The lowest BCUT2D eigenvalue weighted by Gasteiger charge is -2.27. The number of likely N-dealkylation sites (N-methyl/N-ethyl adjacent to an activating group) is 1. The Morgan fingerprint density at radius 2 is 2.15 bits per heavy atom. The van der Waals surface area contributed by atoms with E-state index in [0.717, 1.165) is 54.5 Å². The Morgan fingerprint density at radius 3 is 2.89 bits per heavy atom. The van der Waals surface area contributed by atoms with E-state index < -0.39 is 11.7 Å². The van der Waals surface area contributed by atoms with Gasteiger partial charge in [0.15, 0.2) is 0 Å². The number of alkyl halides is 3. The Kier molecular flexibility index (Phi) is 6.01. The molecular weight excluding hydrogens is 377 g/mol. The normalized spacial score (nSPS) is 14.7. The Labute approximate surface area is 159 Å². The lowest BCUT2D eigenvalue weighted by molar-refractivity contribution is -0.137. The van der Waals surface area contributed by atoms with Gasteiger partial charge in [0.1, 0.15) is 11.4 Å². The van der Waals surface area contributed by atoms with Crippen LogP contribution in [0, 0.1) is 0 Å².